The van der Waals surface area contributed by atoms with Crippen molar-refractivity contribution in [3.63, 3.8) is 0 Å². The van der Waals surface area contributed by atoms with Gasteiger partial charge in [0.1, 0.15) is 11.4 Å². The van der Waals surface area contributed by atoms with Gasteiger partial charge in [0.05, 0.1) is 21.8 Å². The highest BCUT2D eigenvalue weighted by Crippen LogP contribution is 2.43. The predicted molar refractivity (Wildman–Crippen MR) is 183 cm³/mol. The molecule has 3 heterocycles. The van der Waals surface area contributed by atoms with E-state index in [4.69, 9.17) is 25.5 Å². The minimum absolute atomic E-state index is 0.00491. The molecule has 2 aliphatic rings. The Kier molecular flexibility index (Phi) is 9.23. The number of hydrogen-bond acceptors (Lipinski definition) is 6. The first kappa shape index (κ1) is 33.5. The Hall–Kier alpha value is -2.85. The van der Waals surface area contributed by atoms with E-state index in [-0.39, 0.29) is 17.5 Å². The minimum Gasteiger partial charge on any atom is -0.465 e. The maximum atomic E-state index is 13.9. The van der Waals surface area contributed by atoms with E-state index in [1.165, 1.54) is 24.8 Å². The molecule has 1 fully saturated rings. The van der Waals surface area contributed by atoms with E-state index < -0.39 is 26.3 Å². The number of aromatic nitrogens is 1. The zero-order valence-corrected chi connectivity index (χ0v) is 30.0. The van der Waals surface area contributed by atoms with Crippen molar-refractivity contribution in [1.82, 2.24) is 14.8 Å². The number of amides is 1. The van der Waals surface area contributed by atoms with Crippen LogP contribution in [0.4, 0.5) is 4.79 Å². The lowest BCUT2D eigenvalue weighted by Gasteiger charge is -2.38. The number of piperidine rings is 1. The number of ether oxygens (including phenoxy) is 2. The maximum absolute atomic E-state index is 13.9. The monoisotopic (exact) mass is 653 g/mol. The molecule has 3 aromatic rings. The van der Waals surface area contributed by atoms with Crippen molar-refractivity contribution < 1.29 is 23.5 Å². The van der Waals surface area contributed by atoms with Gasteiger partial charge < -0.3 is 19.2 Å². The van der Waals surface area contributed by atoms with Crippen molar-refractivity contribution >= 4 is 42.8 Å². The molecule has 1 N–H and O–H groups in total. The molecule has 5 rings (SSSR count). The third-order valence-electron chi connectivity index (χ3n) is 9.11. The van der Waals surface area contributed by atoms with Gasteiger partial charge in [-0.15, -0.1) is 0 Å². The van der Waals surface area contributed by atoms with Crippen LogP contribution in [0.1, 0.15) is 89.2 Å². The second-order valence-corrected chi connectivity index (χ2v) is 20.0. The summed E-state index contributed by atoms with van der Waals surface area (Å²) in [6.45, 7) is 21.6. The van der Waals surface area contributed by atoms with Crippen molar-refractivity contribution in [3.8, 4) is 17.0 Å². The smallest absolute Gasteiger partial charge is 0.419 e. The first-order valence-corrected chi connectivity index (χ1v) is 19.3. The molecule has 45 heavy (non-hydrogen) atoms. The highest BCUT2D eigenvalue weighted by atomic mass is 35.5. The van der Waals surface area contributed by atoms with Crippen LogP contribution in [-0.2, 0) is 22.3 Å². The Morgan fingerprint density at radius 3 is 2.38 bits per heavy atom. The molecule has 0 bridgehead atoms. The minimum atomic E-state index is -2.14. The van der Waals surface area contributed by atoms with E-state index >= 15 is 0 Å². The zero-order chi connectivity index (χ0) is 32.9. The lowest BCUT2D eigenvalue weighted by atomic mass is 9.99. The second-order valence-electron chi connectivity index (χ2n) is 14.9. The van der Waals surface area contributed by atoms with Gasteiger partial charge in [0.15, 0.2) is 14.6 Å². The van der Waals surface area contributed by atoms with Crippen LogP contribution in [0.5, 0.6) is 5.75 Å². The largest absolute Gasteiger partial charge is 0.465 e. The quantitative estimate of drug-likeness (QED) is 0.203. The molecule has 1 aromatic heterocycles. The van der Waals surface area contributed by atoms with Gasteiger partial charge in [0.2, 0.25) is 0 Å². The molecule has 1 atom stereocenters. The second kappa shape index (κ2) is 12.4. The molecule has 1 saturated heterocycles. The number of nitrogens with zero attached hydrogens (tertiary/aromatic N) is 2. The van der Waals surface area contributed by atoms with Gasteiger partial charge in [0, 0.05) is 29.6 Å². The standard InChI is InChI=1S/C35H48ClN3O5Si/c1-22(44-45(8,9)35(5,6)7)42-29-19-25(30-26(31(29)36)20-37-32(30)40)28-18-24-17-23(21-38-15-11-10-12-16-38)13-14-27(24)39(28)33(41)43-34(2,3)4/h13-14,17-19,22H,10-12,15-16,20-21H2,1-9H3,(H,37,40). The van der Waals surface area contributed by atoms with Gasteiger partial charge in [-0.3, -0.25) is 9.69 Å². The summed E-state index contributed by atoms with van der Waals surface area (Å²) >= 11 is 6.90. The molecule has 1 unspecified atom stereocenters. The fourth-order valence-corrected chi connectivity index (χ4v) is 7.39. The summed E-state index contributed by atoms with van der Waals surface area (Å²) in [7, 11) is -2.14. The molecule has 2 aromatic carbocycles. The van der Waals surface area contributed by atoms with Crippen molar-refractivity contribution in [2.24, 2.45) is 0 Å². The van der Waals surface area contributed by atoms with Gasteiger partial charge in [-0.1, -0.05) is 44.9 Å². The van der Waals surface area contributed by atoms with Gasteiger partial charge in [-0.25, -0.2) is 9.36 Å². The molecule has 8 nitrogen and oxygen atoms in total. The number of rotatable bonds is 7. The van der Waals surface area contributed by atoms with Crippen molar-refractivity contribution in [2.75, 3.05) is 13.1 Å². The molecule has 0 aliphatic carbocycles. The van der Waals surface area contributed by atoms with E-state index in [9.17, 15) is 9.59 Å². The molecule has 2 aliphatic heterocycles. The number of benzene rings is 2. The van der Waals surface area contributed by atoms with E-state index in [2.05, 4.69) is 56.2 Å². The summed E-state index contributed by atoms with van der Waals surface area (Å²) in [5, 5.41) is 4.17. The lowest BCUT2D eigenvalue weighted by Crippen LogP contribution is -2.44. The van der Waals surface area contributed by atoms with Crippen LogP contribution in [0.25, 0.3) is 22.2 Å². The summed E-state index contributed by atoms with van der Waals surface area (Å²) in [6, 6.07) is 9.92. The number of nitrogens with one attached hydrogen (secondary N) is 1. The summed E-state index contributed by atoms with van der Waals surface area (Å²) in [6.07, 6.45) is 2.62. The Morgan fingerprint density at radius 2 is 1.73 bits per heavy atom. The Bertz CT molecular complexity index is 1610. The lowest BCUT2D eigenvalue weighted by molar-refractivity contribution is 0.0106. The average Bonchev–Trinajstić information content (AvgIpc) is 3.50. The first-order chi connectivity index (χ1) is 20.9. The number of likely N-dealkylation sites (tertiary alicyclic amines) is 1. The molecule has 0 spiro atoms. The van der Waals surface area contributed by atoms with Gasteiger partial charge in [0.25, 0.3) is 5.91 Å². The molecule has 244 valence electrons. The highest BCUT2D eigenvalue weighted by molar-refractivity contribution is 6.74. The van der Waals surface area contributed by atoms with E-state index in [1.54, 1.807) is 10.6 Å². The number of halogens is 1. The fraction of sp³-hybridized carbons (Fsp3) is 0.543. The summed E-state index contributed by atoms with van der Waals surface area (Å²) in [4.78, 5) is 29.6. The third kappa shape index (κ3) is 7.11. The van der Waals surface area contributed by atoms with Crippen LogP contribution in [-0.4, -0.2) is 54.8 Å². The Balaban J connectivity index is 1.63. The topological polar surface area (TPSA) is 82.0 Å². The van der Waals surface area contributed by atoms with Crippen molar-refractivity contribution in [3.05, 3.63) is 52.0 Å². The summed E-state index contributed by atoms with van der Waals surface area (Å²) in [5.41, 5.74) is 3.34. The highest BCUT2D eigenvalue weighted by Gasteiger charge is 2.39. The van der Waals surface area contributed by atoms with Crippen molar-refractivity contribution in [2.45, 2.75) is 111 Å². The average molecular weight is 654 g/mol. The predicted octanol–water partition coefficient (Wildman–Crippen LogP) is 8.72. The maximum Gasteiger partial charge on any atom is 0.419 e. The zero-order valence-electron chi connectivity index (χ0n) is 28.2. The summed E-state index contributed by atoms with van der Waals surface area (Å²) in [5.74, 6) is 0.158. The molecule has 1 amide bonds. The van der Waals surface area contributed by atoms with Crippen LogP contribution in [0.2, 0.25) is 23.2 Å². The van der Waals surface area contributed by atoms with Gasteiger partial charge >= 0.3 is 6.09 Å². The van der Waals surface area contributed by atoms with Crippen LogP contribution < -0.4 is 10.1 Å². The number of carbonyl (C=O) groups is 2. The van der Waals surface area contributed by atoms with Gasteiger partial charge in [-0.05, 0) is 102 Å². The normalized spacial score (nSPS) is 16.9. The molecule has 0 radical (unpaired) electrons. The number of carbonyl (C=O) groups excluding carboxylic acids is 2. The molecule has 0 saturated carbocycles. The van der Waals surface area contributed by atoms with E-state index in [1.807, 2.05) is 39.8 Å². The third-order valence-corrected chi connectivity index (χ3v) is 14.1. The van der Waals surface area contributed by atoms with E-state index in [0.29, 0.717) is 38.7 Å². The fourth-order valence-electron chi connectivity index (χ4n) is 5.89. The summed E-state index contributed by atoms with van der Waals surface area (Å²) < 4.78 is 20.3. The van der Waals surface area contributed by atoms with Crippen LogP contribution in [0, 0.1) is 0 Å². The van der Waals surface area contributed by atoms with Crippen LogP contribution in [0.15, 0.2) is 30.3 Å². The Morgan fingerprint density at radius 1 is 1.04 bits per heavy atom. The molecular formula is C35H48ClN3O5Si. The number of fused-ring (bicyclic) bond motifs is 2. The molecular weight excluding hydrogens is 606 g/mol. The molecule has 10 heteroatoms. The van der Waals surface area contributed by atoms with Gasteiger partial charge in [-0.2, -0.15) is 0 Å². The van der Waals surface area contributed by atoms with Crippen LogP contribution in [0.3, 0.4) is 0 Å². The Labute approximate surface area is 273 Å². The SMILES string of the molecule is CC(Oc1cc(-c2cc3cc(CN4CCCCC4)ccc3n2C(=O)OC(C)(C)C)c2c(c1Cl)CNC2=O)O[Si](C)(C)C(C)(C)C. The first-order valence-electron chi connectivity index (χ1n) is 16.0. The number of hydrogen-bond donors (Lipinski definition) is 1. The van der Waals surface area contributed by atoms with Crippen molar-refractivity contribution in [1.29, 1.82) is 0 Å². The van der Waals surface area contributed by atoms with E-state index in [0.717, 1.165) is 25.0 Å². The van der Waals surface area contributed by atoms with Crippen LogP contribution >= 0.6 is 11.6 Å².